The molecule has 0 bridgehead atoms. The highest BCUT2D eigenvalue weighted by Crippen LogP contribution is 2.23. The molecule has 0 heterocycles. The lowest BCUT2D eigenvalue weighted by molar-refractivity contribution is -0.148. The molecule has 0 fully saturated rings. The van der Waals surface area contributed by atoms with Crippen LogP contribution in [0.5, 0.6) is 0 Å². The molecule has 1 N–H and O–H groups in total. The van der Waals surface area contributed by atoms with Gasteiger partial charge in [-0.15, -0.1) is 0 Å². The van der Waals surface area contributed by atoms with Crippen molar-refractivity contribution in [2.75, 3.05) is 24.6 Å². The maximum absolute atomic E-state index is 12.5. The van der Waals surface area contributed by atoms with Gasteiger partial charge < -0.3 is 15.0 Å². The predicted molar refractivity (Wildman–Crippen MR) is 107 cm³/mol. The number of rotatable bonds is 11. The number of ether oxygens (including phenoxy) is 1. The third kappa shape index (κ3) is 8.87. The zero-order valence-electron chi connectivity index (χ0n) is 16.3. The van der Waals surface area contributed by atoms with E-state index in [1.54, 1.807) is 18.2 Å². The Balaban J connectivity index is 2.47. The van der Waals surface area contributed by atoms with Gasteiger partial charge in [-0.1, -0.05) is 18.0 Å². The molecular weight excluding hydrogens is 382 g/mol. The Morgan fingerprint density at radius 2 is 2.00 bits per heavy atom. The number of benzene rings is 1. The van der Waals surface area contributed by atoms with Crippen LogP contribution in [0.4, 0.5) is 5.69 Å². The molecule has 2 amide bonds. The predicted octanol–water partition coefficient (Wildman–Crippen LogP) is 3.13. The van der Waals surface area contributed by atoms with Crippen LogP contribution in [-0.2, 0) is 19.1 Å². The van der Waals surface area contributed by atoms with Crippen molar-refractivity contribution in [2.45, 2.75) is 46.0 Å². The summed E-state index contributed by atoms with van der Waals surface area (Å²) in [6, 6.07) is 7.15. The van der Waals surface area contributed by atoms with Crippen LogP contribution in [0.15, 0.2) is 18.2 Å². The Kier molecular flexibility index (Phi) is 10.7. The largest absolute Gasteiger partial charge is 0.456 e. The Morgan fingerprint density at radius 3 is 2.64 bits per heavy atom. The van der Waals surface area contributed by atoms with Crippen molar-refractivity contribution in [3.05, 3.63) is 28.8 Å². The molecule has 0 spiro atoms. The molecule has 1 rings (SSSR count). The number of unbranched alkanes of at least 4 members (excludes halogenated alkanes) is 2. The van der Waals surface area contributed by atoms with Gasteiger partial charge in [0.25, 0.3) is 5.91 Å². The van der Waals surface area contributed by atoms with E-state index in [1.165, 1.54) is 11.8 Å². The van der Waals surface area contributed by atoms with E-state index < -0.39 is 11.9 Å². The lowest BCUT2D eigenvalue weighted by Crippen LogP contribution is -2.35. The second-order valence-electron chi connectivity index (χ2n) is 6.34. The van der Waals surface area contributed by atoms with Gasteiger partial charge in [-0.05, 0) is 43.5 Å². The number of amides is 2. The summed E-state index contributed by atoms with van der Waals surface area (Å²) in [4.78, 5) is 36.5. The molecule has 0 aliphatic heterocycles. The van der Waals surface area contributed by atoms with Crippen LogP contribution in [0.25, 0.3) is 0 Å². The number of carbonyl (C=O) groups excluding carboxylic acids is 3. The zero-order valence-corrected chi connectivity index (χ0v) is 17.1. The number of carbonyl (C=O) groups is 3. The summed E-state index contributed by atoms with van der Waals surface area (Å²) < 4.78 is 5.08. The van der Waals surface area contributed by atoms with E-state index in [2.05, 4.69) is 5.32 Å². The minimum Gasteiger partial charge on any atom is -0.456 e. The smallest absolute Gasteiger partial charge is 0.306 e. The molecular formula is C20H26ClN3O4. The number of halogens is 1. The Morgan fingerprint density at radius 1 is 1.25 bits per heavy atom. The van der Waals surface area contributed by atoms with E-state index in [4.69, 9.17) is 21.6 Å². The number of hydrogen-bond acceptors (Lipinski definition) is 5. The maximum atomic E-state index is 12.5. The lowest BCUT2D eigenvalue weighted by Gasteiger charge is -2.22. The maximum Gasteiger partial charge on any atom is 0.306 e. The summed E-state index contributed by atoms with van der Waals surface area (Å²) >= 11 is 6.02. The van der Waals surface area contributed by atoms with Gasteiger partial charge in [0.05, 0.1) is 12.5 Å². The molecule has 0 atom stereocenters. The van der Waals surface area contributed by atoms with Crippen molar-refractivity contribution in [1.29, 1.82) is 5.26 Å². The van der Waals surface area contributed by atoms with Gasteiger partial charge in [0.1, 0.15) is 0 Å². The topological polar surface area (TPSA) is 99.5 Å². The summed E-state index contributed by atoms with van der Waals surface area (Å²) in [5, 5.41) is 12.1. The summed E-state index contributed by atoms with van der Waals surface area (Å²) in [6.07, 6.45) is 2.56. The Bertz CT molecular complexity index is 731. The SMILES string of the molecule is CC(=O)NCCCCCC(=O)OCC(=O)N(CCC#N)c1ccc(Cl)c(C)c1. The molecule has 1 aromatic carbocycles. The molecule has 0 saturated carbocycles. The second-order valence-corrected chi connectivity index (χ2v) is 6.75. The Labute approximate surface area is 170 Å². The number of nitrogens with one attached hydrogen (secondary N) is 1. The first kappa shape index (κ1) is 23.4. The fraction of sp³-hybridized carbons (Fsp3) is 0.500. The van der Waals surface area contributed by atoms with Gasteiger partial charge in [0.15, 0.2) is 6.61 Å². The minimum atomic E-state index is -0.444. The first-order valence-corrected chi connectivity index (χ1v) is 9.56. The molecule has 28 heavy (non-hydrogen) atoms. The first-order chi connectivity index (χ1) is 13.3. The monoisotopic (exact) mass is 407 g/mol. The molecule has 0 aliphatic rings. The van der Waals surface area contributed by atoms with Crippen molar-refractivity contribution in [1.82, 2.24) is 5.32 Å². The van der Waals surface area contributed by atoms with E-state index in [-0.39, 0.29) is 31.9 Å². The van der Waals surface area contributed by atoms with Crippen LogP contribution in [0.1, 0.15) is 44.6 Å². The summed E-state index contributed by atoms with van der Waals surface area (Å²) in [5.74, 6) is -0.911. The van der Waals surface area contributed by atoms with Crippen LogP contribution in [0.2, 0.25) is 5.02 Å². The van der Waals surface area contributed by atoms with Crippen molar-refractivity contribution in [2.24, 2.45) is 0 Å². The molecule has 152 valence electrons. The number of esters is 1. The quantitative estimate of drug-likeness (QED) is 0.448. The molecule has 0 radical (unpaired) electrons. The fourth-order valence-corrected chi connectivity index (χ4v) is 2.60. The second kappa shape index (κ2) is 12.7. The van der Waals surface area contributed by atoms with E-state index in [1.807, 2.05) is 13.0 Å². The Hall–Kier alpha value is -2.59. The molecule has 8 heteroatoms. The number of anilines is 1. The van der Waals surface area contributed by atoms with Crippen LogP contribution >= 0.6 is 11.6 Å². The third-order valence-electron chi connectivity index (χ3n) is 3.99. The molecule has 0 aliphatic carbocycles. The molecule has 1 aromatic rings. The van der Waals surface area contributed by atoms with Crippen LogP contribution in [0, 0.1) is 18.3 Å². The minimum absolute atomic E-state index is 0.0743. The van der Waals surface area contributed by atoms with Gasteiger partial charge in [-0.25, -0.2) is 0 Å². The highest BCUT2D eigenvalue weighted by Gasteiger charge is 2.18. The van der Waals surface area contributed by atoms with Gasteiger partial charge in [-0.3, -0.25) is 14.4 Å². The first-order valence-electron chi connectivity index (χ1n) is 9.18. The standard InChI is InChI=1S/C20H26ClN3O4/c1-15-13-17(8-9-18(15)21)24(12-6-10-22)19(26)14-28-20(27)7-4-3-5-11-23-16(2)25/h8-9,13H,3-7,11-12,14H2,1-2H3,(H,23,25). The van der Waals surface area contributed by atoms with E-state index in [9.17, 15) is 14.4 Å². The zero-order chi connectivity index (χ0) is 20.9. The van der Waals surface area contributed by atoms with Crippen LogP contribution < -0.4 is 10.2 Å². The van der Waals surface area contributed by atoms with Gasteiger partial charge in [-0.2, -0.15) is 5.26 Å². The highest BCUT2D eigenvalue weighted by atomic mass is 35.5. The van der Waals surface area contributed by atoms with Gasteiger partial charge in [0, 0.05) is 37.1 Å². The van der Waals surface area contributed by atoms with E-state index in [0.717, 1.165) is 18.4 Å². The van der Waals surface area contributed by atoms with Gasteiger partial charge >= 0.3 is 5.97 Å². The normalized spacial score (nSPS) is 10.1. The van der Waals surface area contributed by atoms with Gasteiger partial charge in [0.2, 0.25) is 5.91 Å². The number of nitriles is 1. The van der Waals surface area contributed by atoms with Crippen molar-refractivity contribution < 1.29 is 19.1 Å². The average Bonchev–Trinajstić information content (AvgIpc) is 2.65. The lowest BCUT2D eigenvalue weighted by atomic mass is 10.2. The van der Waals surface area contributed by atoms with Crippen LogP contribution in [0.3, 0.4) is 0 Å². The molecule has 0 saturated heterocycles. The van der Waals surface area contributed by atoms with Crippen molar-refractivity contribution in [3.63, 3.8) is 0 Å². The highest BCUT2D eigenvalue weighted by molar-refractivity contribution is 6.31. The summed E-state index contributed by atoms with van der Waals surface area (Å²) in [6.45, 7) is 3.69. The van der Waals surface area contributed by atoms with E-state index >= 15 is 0 Å². The average molecular weight is 408 g/mol. The van der Waals surface area contributed by atoms with Crippen LogP contribution in [-0.4, -0.2) is 37.5 Å². The molecule has 0 unspecified atom stereocenters. The molecule has 7 nitrogen and oxygen atoms in total. The fourth-order valence-electron chi connectivity index (χ4n) is 2.48. The summed E-state index contributed by atoms with van der Waals surface area (Å²) in [7, 11) is 0. The number of hydrogen-bond donors (Lipinski definition) is 1. The third-order valence-corrected chi connectivity index (χ3v) is 4.41. The number of nitrogens with zero attached hydrogens (tertiary/aromatic N) is 2. The van der Waals surface area contributed by atoms with Crippen molar-refractivity contribution >= 4 is 35.1 Å². The van der Waals surface area contributed by atoms with E-state index in [0.29, 0.717) is 23.7 Å². The summed E-state index contributed by atoms with van der Waals surface area (Å²) in [5.41, 5.74) is 1.42. The molecule has 0 aromatic heterocycles. The van der Waals surface area contributed by atoms with Crippen molar-refractivity contribution in [3.8, 4) is 6.07 Å². The number of aryl methyl sites for hydroxylation is 1.